The molecule has 3 atom stereocenters. The van der Waals surface area contributed by atoms with E-state index in [-0.39, 0.29) is 30.1 Å². The molecule has 0 fully saturated rings. The van der Waals surface area contributed by atoms with Crippen molar-refractivity contribution in [2.45, 2.75) is 57.7 Å². The van der Waals surface area contributed by atoms with E-state index in [9.17, 15) is 13.5 Å². The standard InChI is InChI=1S/C27H37N3O4S/c1-20(2)8-6-9-23-11-12-27-25(14-23)34-26(18-29(5)17-24-10-7-13-28-15-24)21(3)16-30(22(4)19-31)35(27,32)33/h7,10-15,20-22,26,31H,8,16-19H2,1-5H3/t21-,22+,26+/m1/s1. The second-order valence-corrected chi connectivity index (χ2v) is 11.7. The summed E-state index contributed by atoms with van der Waals surface area (Å²) >= 11 is 0. The Hall–Kier alpha value is -2.44. The SMILES string of the molecule is CC(C)CC#Cc1ccc2c(c1)O[C@@H](CN(C)Cc1cccnc1)[C@H](C)CN([C@@H](C)CO)S2(=O)=O. The summed E-state index contributed by atoms with van der Waals surface area (Å²) in [5.74, 6) is 6.95. The van der Waals surface area contributed by atoms with Gasteiger partial charge >= 0.3 is 0 Å². The number of pyridine rings is 1. The highest BCUT2D eigenvalue weighted by Gasteiger charge is 2.38. The van der Waals surface area contributed by atoms with Crippen LogP contribution in [0.5, 0.6) is 5.75 Å². The van der Waals surface area contributed by atoms with Crippen molar-refractivity contribution in [3.63, 3.8) is 0 Å². The van der Waals surface area contributed by atoms with Crippen molar-refractivity contribution < 1.29 is 18.3 Å². The number of hydrogen-bond acceptors (Lipinski definition) is 6. The Kier molecular flexibility index (Phi) is 9.31. The van der Waals surface area contributed by atoms with Crippen molar-refractivity contribution >= 4 is 10.0 Å². The Balaban J connectivity index is 1.97. The van der Waals surface area contributed by atoms with Gasteiger partial charge in [-0.05, 0) is 49.7 Å². The summed E-state index contributed by atoms with van der Waals surface area (Å²) < 4.78 is 35.0. The van der Waals surface area contributed by atoms with Crippen molar-refractivity contribution in [1.82, 2.24) is 14.2 Å². The highest BCUT2D eigenvalue weighted by Crippen LogP contribution is 2.34. The maximum Gasteiger partial charge on any atom is 0.247 e. The molecule has 3 rings (SSSR count). The number of likely N-dealkylation sites (N-methyl/N-ethyl adjacent to an activating group) is 1. The Labute approximate surface area is 210 Å². The molecule has 0 radical (unpaired) electrons. The number of ether oxygens (including phenoxy) is 1. The highest BCUT2D eigenvalue weighted by atomic mass is 32.2. The molecule has 190 valence electrons. The number of sulfonamides is 1. The quantitative estimate of drug-likeness (QED) is 0.588. The van der Waals surface area contributed by atoms with Gasteiger partial charge in [-0.25, -0.2) is 8.42 Å². The van der Waals surface area contributed by atoms with Crippen LogP contribution < -0.4 is 4.74 Å². The first-order valence-electron chi connectivity index (χ1n) is 12.1. The lowest BCUT2D eigenvalue weighted by Gasteiger charge is -2.37. The van der Waals surface area contributed by atoms with Gasteiger partial charge in [-0.1, -0.05) is 38.7 Å². The van der Waals surface area contributed by atoms with E-state index >= 15 is 0 Å². The van der Waals surface area contributed by atoms with Crippen LogP contribution in [-0.4, -0.2) is 66.6 Å². The summed E-state index contributed by atoms with van der Waals surface area (Å²) in [5, 5.41) is 9.81. The monoisotopic (exact) mass is 499 g/mol. The predicted molar refractivity (Wildman–Crippen MR) is 137 cm³/mol. The third-order valence-corrected chi connectivity index (χ3v) is 8.10. The fourth-order valence-electron chi connectivity index (χ4n) is 4.05. The first-order chi connectivity index (χ1) is 16.6. The van der Waals surface area contributed by atoms with Gasteiger partial charge in [-0.3, -0.25) is 9.88 Å². The van der Waals surface area contributed by atoms with Crippen LogP contribution in [0, 0.1) is 23.7 Å². The second-order valence-electron chi connectivity index (χ2n) is 9.86. The Morgan fingerprint density at radius 2 is 2.06 bits per heavy atom. The van der Waals surface area contributed by atoms with Crippen LogP contribution in [-0.2, 0) is 16.6 Å². The molecule has 2 aromatic rings. The van der Waals surface area contributed by atoms with Crippen LogP contribution in [0.25, 0.3) is 0 Å². The van der Waals surface area contributed by atoms with Gasteiger partial charge in [-0.2, -0.15) is 4.31 Å². The van der Waals surface area contributed by atoms with Crippen LogP contribution in [0.15, 0.2) is 47.6 Å². The lowest BCUT2D eigenvalue weighted by atomic mass is 10.0. The van der Waals surface area contributed by atoms with Gasteiger partial charge in [0.05, 0.1) is 6.61 Å². The number of aliphatic hydroxyl groups is 1. The molecule has 8 heteroatoms. The normalized spacial score (nSPS) is 20.8. The average Bonchev–Trinajstić information content (AvgIpc) is 2.81. The smallest absolute Gasteiger partial charge is 0.247 e. The minimum atomic E-state index is -3.86. The first kappa shape index (κ1) is 27.2. The maximum atomic E-state index is 13.6. The van der Waals surface area contributed by atoms with Gasteiger partial charge in [0, 0.05) is 56.0 Å². The van der Waals surface area contributed by atoms with E-state index in [1.54, 1.807) is 31.3 Å². The molecule has 0 bridgehead atoms. The van der Waals surface area contributed by atoms with Gasteiger partial charge in [0.25, 0.3) is 0 Å². The molecule has 0 saturated carbocycles. The zero-order chi connectivity index (χ0) is 25.6. The Morgan fingerprint density at radius 1 is 1.29 bits per heavy atom. The highest BCUT2D eigenvalue weighted by molar-refractivity contribution is 7.89. The van der Waals surface area contributed by atoms with Crippen LogP contribution in [0.1, 0.15) is 45.2 Å². The Morgan fingerprint density at radius 3 is 2.71 bits per heavy atom. The molecule has 2 heterocycles. The summed E-state index contributed by atoms with van der Waals surface area (Å²) in [5.41, 5.74) is 1.81. The van der Waals surface area contributed by atoms with Crippen molar-refractivity contribution in [3.8, 4) is 17.6 Å². The summed E-state index contributed by atoms with van der Waals surface area (Å²) in [6.45, 7) is 9.22. The largest absolute Gasteiger partial charge is 0.487 e. The number of nitrogens with zero attached hydrogens (tertiary/aromatic N) is 3. The lowest BCUT2D eigenvalue weighted by molar-refractivity contribution is 0.0733. The molecule has 0 aliphatic carbocycles. The Bertz CT molecular complexity index is 1140. The molecule has 1 aliphatic rings. The molecule has 0 amide bonds. The number of rotatable bonds is 7. The van der Waals surface area contributed by atoms with Crippen LogP contribution in [0.2, 0.25) is 0 Å². The number of aliphatic hydroxyl groups excluding tert-OH is 1. The van der Waals surface area contributed by atoms with Crippen LogP contribution >= 0.6 is 0 Å². The van der Waals surface area contributed by atoms with E-state index in [0.29, 0.717) is 24.8 Å². The fourth-order valence-corrected chi connectivity index (χ4v) is 5.88. The van der Waals surface area contributed by atoms with Crippen molar-refractivity contribution in [1.29, 1.82) is 0 Å². The summed E-state index contributed by atoms with van der Waals surface area (Å²) in [4.78, 5) is 6.45. The minimum absolute atomic E-state index is 0.110. The average molecular weight is 500 g/mol. The topological polar surface area (TPSA) is 83.0 Å². The molecule has 0 spiro atoms. The van der Waals surface area contributed by atoms with E-state index in [1.807, 2.05) is 32.3 Å². The molecule has 1 N–H and O–H groups in total. The molecule has 7 nitrogen and oxygen atoms in total. The third-order valence-electron chi connectivity index (χ3n) is 6.08. The van der Waals surface area contributed by atoms with Gasteiger partial charge in [0.15, 0.2) is 0 Å². The van der Waals surface area contributed by atoms with E-state index in [1.165, 1.54) is 4.31 Å². The van der Waals surface area contributed by atoms with Crippen molar-refractivity contribution in [2.75, 3.05) is 26.7 Å². The lowest BCUT2D eigenvalue weighted by Crippen LogP contribution is -2.49. The molecular weight excluding hydrogens is 462 g/mol. The zero-order valence-electron chi connectivity index (χ0n) is 21.3. The van der Waals surface area contributed by atoms with Gasteiger partial charge < -0.3 is 9.84 Å². The second kappa shape index (κ2) is 12.0. The minimum Gasteiger partial charge on any atom is -0.487 e. The summed E-state index contributed by atoms with van der Waals surface area (Å²) in [7, 11) is -1.84. The number of fused-ring (bicyclic) bond motifs is 1. The van der Waals surface area contributed by atoms with Crippen molar-refractivity contribution in [2.24, 2.45) is 11.8 Å². The van der Waals surface area contributed by atoms with E-state index in [0.717, 1.165) is 17.5 Å². The molecule has 0 unspecified atom stereocenters. The molecule has 1 aliphatic heterocycles. The molecule has 1 aromatic heterocycles. The van der Waals surface area contributed by atoms with Crippen LogP contribution in [0.4, 0.5) is 0 Å². The predicted octanol–water partition coefficient (Wildman–Crippen LogP) is 3.38. The number of hydrogen-bond donors (Lipinski definition) is 1. The first-order valence-corrected chi connectivity index (χ1v) is 13.6. The molecule has 1 aromatic carbocycles. The van der Waals surface area contributed by atoms with E-state index in [2.05, 4.69) is 35.6 Å². The molecule has 0 saturated heterocycles. The maximum absolute atomic E-state index is 13.6. The third kappa shape index (κ3) is 7.05. The van der Waals surface area contributed by atoms with E-state index in [4.69, 9.17) is 4.74 Å². The van der Waals surface area contributed by atoms with E-state index < -0.39 is 16.1 Å². The van der Waals surface area contributed by atoms with Crippen LogP contribution in [0.3, 0.4) is 0 Å². The van der Waals surface area contributed by atoms with Gasteiger partial charge in [-0.15, -0.1) is 0 Å². The number of benzene rings is 1. The summed E-state index contributed by atoms with van der Waals surface area (Å²) in [6, 6.07) is 8.42. The van der Waals surface area contributed by atoms with Gasteiger partial charge in [0.2, 0.25) is 10.0 Å². The van der Waals surface area contributed by atoms with Gasteiger partial charge in [0.1, 0.15) is 16.7 Å². The van der Waals surface area contributed by atoms with Crippen molar-refractivity contribution in [3.05, 3.63) is 53.9 Å². The summed E-state index contributed by atoms with van der Waals surface area (Å²) in [6.07, 6.45) is 4.09. The zero-order valence-corrected chi connectivity index (χ0v) is 22.1. The fraction of sp³-hybridized carbons (Fsp3) is 0.519. The molecule has 35 heavy (non-hydrogen) atoms. The molecular formula is C27H37N3O4S. The number of aromatic nitrogens is 1.